The van der Waals surface area contributed by atoms with Gasteiger partial charge in [0.2, 0.25) is 23.6 Å². The Kier molecular flexibility index (Phi) is 14.3. The minimum Gasteiger partial charge on any atom is -0.480 e. The molecule has 0 saturated carbocycles. The number of carboxylic acids is 1. The number of primary amides is 1. The first-order chi connectivity index (χ1) is 15.8. The first-order valence-electron chi connectivity index (χ1n) is 10.6. The zero-order valence-electron chi connectivity index (χ0n) is 19.3. The highest BCUT2D eigenvalue weighted by Gasteiger charge is 2.30. The van der Waals surface area contributed by atoms with Gasteiger partial charge in [-0.15, -0.1) is 0 Å². The Bertz CT molecular complexity index is 759. The van der Waals surface area contributed by atoms with E-state index < -0.39 is 60.2 Å². The van der Waals surface area contributed by atoms with E-state index >= 15 is 0 Å². The second-order valence-electron chi connectivity index (χ2n) is 8.06. The van der Waals surface area contributed by atoms with Gasteiger partial charge in [-0.2, -0.15) is 12.6 Å². The average molecular weight is 505 g/mol. The molecule has 0 aromatic carbocycles. The maximum atomic E-state index is 13.0. The molecule has 0 rings (SSSR count). The molecule has 4 atom stereocenters. The van der Waals surface area contributed by atoms with Gasteiger partial charge in [-0.25, -0.2) is 4.79 Å². The predicted molar refractivity (Wildman–Crippen MR) is 128 cm³/mol. The highest BCUT2D eigenvalue weighted by atomic mass is 32.1. The van der Waals surface area contributed by atoms with Gasteiger partial charge < -0.3 is 44.0 Å². The summed E-state index contributed by atoms with van der Waals surface area (Å²) in [6, 6.07) is -4.73. The van der Waals surface area contributed by atoms with Crippen LogP contribution < -0.4 is 38.9 Å². The van der Waals surface area contributed by atoms with Crippen molar-refractivity contribution >= 4 is 48.2 Å². The van der Waals surface area contributed by atoms with Crippen molar-refractivity contribution in [1.29, 1.82) is 0 Å². The van der Waals surface area contributed by atoms with E-state index in [2.05, 4.69) is 33.6 Å². The van der Waals surface area contributed by atoms with Gasteiger partial charge >= 0.3 is 5.97 Å². The van der Waals surface area contributed by atoms with E-state index in [1.54, 1.807) is 0 Å². The van der Waals surface area contributed by atoms with Gasteiger partial charge in [0.1, 0.15) is 18.1 Å². The van der Waals surface area contributed by atoms with Gasteiger partial charge in [-0.3, -0.25) is 24.2 Å². The number of carbonyl (C=O) groups is 5. The number of guanidine groups is 1. The molecule has 12 N–H and O–H groups in total. The number of nitrogens with zero attached hydrogens (tertiary/aromatic N) is 1. The second-order valence-corrected chi connectivity index (χ2v) is 8.42. The Labute approximate surface area is 203 Å². The monoisotopic (exact) mass is 504 g/mol. The Balaban J connectivity index is 5.53. The standard InChI is InChI=1S/C19H36N8O6S/c1-9(2)6-12(26-15(29)10(20)7-14(21)28)17(31)25-11(4-3-5-24-19(22)23)16(30)27-13(8-34)18(32)33/h9-13,34H,3-8,20H2,1-2H3,(H2,21,28)(H,25,31)(H,26,29)(H,27,30)(H,32,33)(H4,22,23,24). The number of hydrogen-bond acceptors (Lipinski definition) is 8. The Morgan fingerprint density at radius 2 is 1.44 bits per heavy atom. The lowest BCUT2D eigenvalue weighted by atomic mass is 10.0. The lowest BCUT2D eigenvalue weighted by Crippen LogP contribution is -2.57. The summed E-state index contributed by atoms with van der Waals surface area (Å²) in [4.78, 5) is 64.1. The van der Waals surface area contributed by atoms with Crippen LogP contribution in [0.1, 0.15) is 39.5 Å². The van der Waals surface area contributed by atoms with Gasteiger partial charge in [0.05, 0.1) is 12.5 Å². The first-order valence-corrected chi connectivity index (χ1v) is 11.3. The van der Waals surface area contributed by atoms with E-state index in [0.717, 1.165) is 0 Å². The molecule has 0 aliphatic rings. The maximum Gasteiger partial charge on any atom is 0.327 e. The Morgan fingerprint density at radius 1 is 0.912 bits per heavy atom. The van der Waals surface area contributed by atoms with Crippen LogP contribution in [0.4, 0.5) is 0 Å². The average Bonchev–Trinajstić information content (AvgIpc) is 2.71. The summed E-state index contributed by atoms with van der Waals surface area (Å²) in [7, 11) is 0. The number of carbonyl (C=O) groups excluding carboxylic acids is 4. The topological polar surface area (TPSA) is 258 Å². The molecule has 34 heavy (non-hydrogen) atoms. The number of carboxylic acid groups (broad SMARTS) is 1. The number of thiol groups is 1. The molecule has 0 aromatic rings. The molecule has 0 aliphatic heterocycles. The lowest BCUT2D eigenvalue weighted by Gasteiger charge is -2.25. The molecule has 0 heterocycles. The second kappa shape index (κ2) is 15.7. The first kappa shape index (κ1) is 30.9. The molecule has 14 nitrogen and oxygen atoms in total. The molecule has 15 heteroatoms. The summed E-state index contributed by atoms with van der Waals surface area (Å²) in [6.07, 6.45) is 0.173. The molecule has 0 saturated heterocycles. The molecule has 0 fully saturated rings. The fourth-order valence-corrected chi connectivity index (χ4v) is 3.04. The number of nitrogens with two attached hydrogens (primary N) is 4. The fourth-order valence-electron chi connectivity index (χ4n) is 2.79. The van der Waals surface area contributed by atoms with Crippen LogP contribution in [0.5, 0.6) is 0 Å². The number of amides is 4. The summed E-state index contributed by atoms with van der Waals surface area (Å²) in [5.41, 5.74) is 21.3. The van der Waals surface area contributed by atoms with Crippen molar-refractivity contribution in [1.82, 2.24) is 16.0 Å². The van der Waals surface area contributed by atoms with Crippen LogP contribution in [0.15, 0.2) is 4.99 Å². The summed E-state index contributed by atoms with van der Waals surface area (Å²) in [5.74, 6) is -4.60. The molecule has 0 radical (unpaired) electrons. The molecule has 4 unspecified atom stereocenters. The van der Waals surface area contributed by atoms with Crippen LogP contribution in [0, 0.1) is 5.92 Å². The van der Waals surface area contributed by atoms with Gasteiger partial charge in [0, 0.05) is 12.3 Å². The smallest absolute Gasteiger partial charge is 0.327 e. The van der Waals surface area contributed by atoms with Crippen LogP contribution in [-0.2, 0) is 24.0 Å². The Hall–Kier alpha value is -3.07. The fraction of sp³-hybridized carbons (Fsp3) is 0.684. The third kappa shape index (κ3) is 12.8. The molecule has 0 spiro atoms. The largest absolute Gasteiger partial charge is 0.480 e. The van der Waals surface area contributed by atoms with Crippen LogP contribution in [0.25, 0.3) is 0 Å². The van der Waals surface area contributed by atoms with Crippen LogP contribution in [-0.4, -0.2) is 77.1 Å². The third-order valence-corrected chi connectivity index (χ3v) is 4.84. The predicted octanol–water partition coefficient (Wildman–Crippen LogP) is -3.24. The van der Waals surface area contributed by atoms with Crippen LogP contribution in [0.3, 0.4) is 0 Å². The molecular formula is C19H36N8O6S. The summed E-state index contributed by atoms with van der Waals surface area (Å²) >= 11 is 3.91. The van der Waals surface area contributed by atoms with Crippen molar-refractivity contribution in [2.45, 2.75) is 63.7 Å². The number of aliphatic imine (C=N–C) groups is 1. The molecular weight excluding hydrogens is 468 g/mol. The van der Waals surface area contributed by atoms with Crippen molar-refractivity contribution in [3.8, 4) is 0 Å². The van der Waals surface area contributed by atoms with E-state index in [-0.39, 0.29) is 37.0 Å². The summed E-state index contributed by atoms with van der Waals surface area (Å²) in [5, 5.41) is 16.5. The minimum atomic E-state index is -1.29. The SMILES string of the molecule is CC(C)CC(NC(=O)C(N)CC(N)=O)C(=O)NC(CCCN=C(N)N)C(=O)NC(CS)C(=O)O. The highest BCUT2D eigenvalue weighted by molar-refractivity contribution is 7.80. The number of rotatable bonds is 16. The van der Waals surface area contributed by atoms with Gasteiger partial charge in [0.25, 0.3) is 0 Å². The maximum absolute atomic E-state index is 13.0. The third-order valence-electron chi connectivity index (χ3n) is 4.47. The van der Waals surface area contributed by atoms with Crippen molar-refractivity contribution in [2.24, 2.45) is 33.8 Å². The number of hydrogen-bond donors (Lipinski definition) is 9. The van der Waals surface area contributed by atoms with E-state index in [4.69, 9.17) is 22.9 Å². The van der Waals surface area contributed by atoms with Crippen molar-refractivity contribution < 1.29 is 29.1 Å². The zero-order chi connectivity index (χ0) is 26.4. The quantitative estimate of drug-likeness (QED) is 0.0442. The van der Waals surface area contributed by atoms with Crippen molar-refractivity contribution in [2.75, 3.05) is 12.3 Å². The number of aliphatic carboxylic acids is 1. The summed E-state index contributed by atoms with van der Waals surface area (Å²) < 4.78 is 0. The molecule has 0 aliphatic carbocycles. The van der Waals surface area contributed by atoms with Crippen LogP contribution >= 0.6 is 12.6 Å². The van der Waals surface area contributed by atoms with Gasteiger partial charge in [0.15, 0.2) is 5.96 Å². The van der Waals surface area contributed by atoms with Crippen molar-refractivity contribution in [3.05, 3.63) is 0 Å². The summed E-state index contributed by atoms with van der Waals surface area (Å²) in [6.45, 7) is 3.81. The lowest BCUT2D eigenvalue weighted by molar-refractivity contribution is -0.141. The van der Waals surface area contributed by atoms with Crippen LogP contribution in [0.2, 0.25) is 0 Å². The Morgan fingerprint density at radius 3 is 1.91 bits per heavy atom. The van der Waals surface area contributed by atoms with E-state index in [1.807, 2.05) is 13.8 Å². The highest BCUT2D eigenvalue weighted by Crippen LogP contribution is 2.08. The number of nitrogens with one attached hydrogen (secondary N) is 3. The van der Waals surface area contributed by atoms with Crippen molar-refractivity contribution in [3.63, 3.8) is 0 Å². The minimum absolute atomic E-state index is 0.0295. The van der Waals surface area contributed by atoms with Gasteiger partial charge in [-0.05, 0) is 25.2 Å². The molecule has 0 aromatic heterocycles. The van der Waals surface area contributed by atoms with Gasteiger partial charge in [-0.1, -0.05) is 13.8 Å². The van der Waals surface area contributed by atoms with E-state index in [1.165, 1.54) is 0 Å². The normalized spacial score (nSPS) is 14.3. The van der Waals surface area contributed by atoms with E-state index in [9.17, 15) is 29.1 Å². The molecule has 0 bridgehead atoms. The zero-order valence-corrected chi connectivity index (χ0v) is 20.2. The molecule has 194 valence electrons. The molecule has 4 amide bonds. The van der Waals surface area contributed by atoms with E-state index in [0.29, 0.717) is 6.42 Å².